The summed E-state index contributed by atoms with van der Waals surface area (Å²) in [6.45, 7) is 3.81. The van der Waals surface area contributed by atoms with E-state index in [0.29, 0.717) is 5.56 Å². The molecule has 0 saturated carbocycles. The molecule has 0 heterocycles. The fraction of sp³-hybridized carbons (Fsp3) is 0.455. The van der Waals surface area contributed by atoms with Crippen LogP contribution in [0.2, 0.25) is 0 Å². The minimum Gasteiger partial charge on any atom is -0.384 e. The highest BCUT2D eigenvalue weighted by Gasteiger charge is 2.31. The smallest absolute Gasteiger partial charge is 0.123 e. The maximum Gasteiger partial charge on any atom is 0.123 e. The van der Waals surface area contributed by atoms with Crippen molar-refractivity contribution in [3.63, 3.8) is 0 Å². The monoisotopic (exact) mass is 197 g/mol. The fourth-order valence-corrected chi connectivity index (χ4v) is 1.44. The SMILES string of the molecule is CC(C)C(O)(CN)c1cccc(F)c1. The molecule has 0 saturated heterocycles. The molecule has 1 aromatic carbocycles. The Morgan fingerprint density at radius 2 is 2.14 bits per heavy atom. The van der Waals surface area contributed by atoms with Crippen LogP contribution in [0.3, 0.4) is 0 Å². The second kappa shape index (κ2) is 4.07. The lowest BCUT2D eigenvalue weighted by Crippen LogP contribution is -2.39. The first-order valence-corrected chi connectivity index (χ1v) is 4.69. The van der Waals surface area contributed by atoms with Gasteiger partial charge in [-0.15, -0.1) is 0 Å². The van der Waals surface area contributed by atoms with Gasteiger partial charge in [0.1, 0.15) is 11.4 Å². The Morgan fingerprint density at radius 1 is 1.50 bits per heavy atom. The highest BCUT2D eigenvalue weighted by Crippen LogP contribution is 2.28. The Morgan fingerprint density at radius 3 is 2.57 bits per heavy atom. The first-order valence-electron chi connectivity index (χ1n) is 4.69. The lowest BCUT2D eigenvalue weighted by Gasteiger charge is -2.31. The number of rotatable bonds is 3. The van der Waals surface area contributed by atoms with E-state index in [1.54, 1.807) is 12.1 Å². The Hall–Kier alpha value is -0.930. The molecule has 78 valence electrons. The van der Waals surface area contributed by atoms with Gasteiger partial charge in [0.25, 0.3) is 0 Å². The fourth-order valence-electron chi connectivity index (χ4n) is 1.44. The van der Waals surface area contributed by atoms with Gasteiger partial charge in [-0.2, -0.15) is 0 Å². The topological polar surface area (TPSA) is 46.2 Å². The number of benzene rings is 1. The van der Waals surface area contributed by atoms with Crippen LogP contribution in [0, 0.1) is 11.7 Å². The summed E-state index contributed by atoms with van der Waals surface area (Å²) < 4.78 is 12.9. The Kier molecular flexibility index (Phi) is 3.24. The number of hydrogen-bond acceptors (Lipinski definition) is 2. The Balaban J connectivity index is 3.12. The van der Waals surface area contributed by atoms with Gasteiger partial charge in [-0.25, -0.2) is 4.39 Å². The Labute approximate surface area is 83.6 Å². The summed E-state index contributed by atoms with van der Waals surface area (Å²) in [5, 5.41) is 10.2. The molecule has 3 heteroatoms. The standard InChI is InChI=1S/C11H16FNO/c1-8(2)11(14,7-13)9-4-3-5-10(12)6-9/h3-6,8,14H,7,13H2,1-2H3. The quantitative estimate of drug-likeness (QED) is 0.773. The van der Waals surface area contributed by atoms with Crippen molar-refractivity contribution >= 4 is 0 Å². The minimum absolute atomic E-state index is 0.0469. The molecule has 0 radical (unpaired) electrons. The summed E-state index contributed by atoms with van der Waals surface area (Å²) >= 11 is 0. The normalized spacial score (nSPS) is 15.6. The zero-order valence-corrected chi connectivity index (χ0v) is 8.50. The average molecular weight is 197 g/mol. The van der Waals surface area contributed by atoms with Crippen LogP contribution in [0.1, 0.15) is 19.4 Å². The lowest BCUT2D eigenvalue weighted by atomic mass is 9.83. The van der Waals surface area contributed by atoms with Crippen LogP contribution >= 0.6 is 0 Å². The zero-order chi connectivity index (χ0) is 10.8. The number of nitrogens with two attached hydrogens (primary N) is 1. The van der Waals surface area contributed by atoms with Gasteiger partial charge in [-0.3, -0.25) is 0 Å². The molecule has 1 atom stereocenters. The van der Waals surface area contributed by atoms with E-state index >= 15 is 0 Å². The number of halogens is 1. The van der Waals surface area contributed by atoms with Crippen molar-refractivity contribution in [2.24, 2.45) is 11.7 Å². The van der Waals surface area contributed by atoms with E-state index in [9.17, 15) is 9.50 Å². The molecular formula is C11H16FNO. The number of hydrogen-bond donors (Lipinski definition) is 2. The average Bonchev–Trinajstić information content (AvgIpc) is 2.16. The van der Waals surface area contributed by atoms with Crippen LogP contribution in [-0.4, -0.2) is 11.7 Å². The van der Waals surface area contributed by atoms with Crippen LogP contribution < -0.4 is 5.73 Å². The largest absolute Gasteiger partial charge is 0.384 e. The molecule has 0 fully saturated rings. The summed E-state index contributed by atoms with van der Waals surface area (Å²) in [6, 6.07) is 5.94. The molecule has 0 aliphatic rings. The molecule has 0 bridgehead atoms. The molecule has 1 aromatic rings. The lowest BCUT2D eigenvalue weighted by molar-refractivity contribution is -0.00139. The first kappa shape index (κ1) is 11.1. The summed E-state index contributed by atoms with van der Waals surface area (Å²) in [7, 11) is 0. The third-order valence-electron chi connectivity index (χ3n) is 2.59. The minimum atomic E-state index is -1.14. The molecule has 0 aliphatic carbocycles. The van der Waals surface area contributed by atoms with E-state index in [0.717, 1.165) is 0 Å². The van der Waals surface area contributed by atoms with E-state index in [2.05, 4.69) is 0 Å². The van der Waals surface area contributed by atoms with E-state index < -0.39 is 5.60 Å². The maximum absolute atomic E-state index is 12.9. The molecule has 1 unspecified atom stereocenters. The maximum atomic E-state index is 12.9. The van der Waals surface area contributed by atoms with Gasteiger partial charge in [0, 0.05) is 6.54 Å². The molecular weight excluding hydrogens is 181 g/mol. The summed E-state index contributed by atoms with van der Waals surface area (Å²) in [6.07, 6.45) is 0. The van der Waals surface area contributed by atoms with Crippen LogP contribution in [0.25, 0.3) is 0 Å². The van der Waals surface area contributed by atoms with Gasteiger partial charge in [0.2, 0.25) is 0 Å². The molecule has 0 amide bonds. The van der Waals surface area contributed by atoms with Crippen molar-refractivity contribution in [1.82, 2.24) is 0 Å². The van der Waals surface area contributed by atoms with Gasteiger partial charge in [0.15, 0.2) is 0 Å². The molecule has 2 nitrogen and oxygen atoms in total. The molecule has 0 aromatic heterocycles. The molecule has 1 rings (SSSR count). The van der Waals surface area contributed by atoms with E-state index in [1.807, 2.05) is 13.8 Å². The number of aliphatic hydroxyl groups is 1. The van der Waals surface area contributed by atoms with Crippen molar-refractivity contribution < 1.29 is 9.50 Å². The summed E-state index contributed by atoms with van der Waals surface area (Å²) in [4.78, 5) is 0. The van der Waals surface area contributed by atoms with Crippen molar-refractivity contribution in [3.8, 4) is 0 Å². The van der Waals surface area contributed by atoms with Gasteiger partial charge >= 0.3 is 0 Å². The molecule has 3 N–H and O–H groups in total. The van der Waals surface area contributed by atoms with Crippen molar-refractivity contribution in [2.75, 3.05) is 6.54 Å². The highest BCUT2D eigenvalue weighted by molar-refractivity contribution is 5.24. The zero-order valence-electron chi connectivity index (χ0n) is 8.50. The van der Waals surface area contributed by atoms with Gasteiger partial charge < -0.3 is 10.8 Å². The van der Waals surface area contributed by atoms with Crippen LogP contribution in [-0.2, 0) is 5.60 Å². The Bertz CT molecular complexity index is 314. The molecule has 14 heavy (non-hydrogen) atoms. The highest BCUT2D eigenvalue weighted by atomic mass is 19.1. The van der Waals surface area contributed by atoms with Crippen molar-refractivity contribution in [2.45, 2.75) is 19.4 Å². The second-order valence-electron chi connectivity index (χ2n) is 3.79. The van der Waals surface area contributed by atoms with E-state index in [1.165, 1.54) is 12.1 Å². The summed E-state index contributed by atoms with van der Waals surface area (Å²) in [5.41, 5.74) is 4.92. The van der Waals surface area contributed by atoms with E-state index in [4.69, 9.17) is 5.73 Å². The van der Waals surface area contributed by atoms with E-state index in [-0.39, 0.29) is 18.3 Å². The second-order valence-corrected chi connectivity index (χ2v) is 3.79. The third-order valence-corrected chi connectivity index (χ3v) is 2.59. The van der Waals surface area contributed by atoms with Crippen molar-refractivity contribution in [3.05, 3.63) is 35.6 Å². The van der Waals surface area contributed by atoms with Gasteiger partial charge in [-0.1, -0.05) is 26.0 Å². The summed E-state index contributed by atoms with van der Waals surface area (Å²) in [5.74, 6) is -0.399. The van der Waals surface area contributed by atoms with Gasteiger partial charge in [-0.05, 0) is 23.6 Å². The molecule has 0 spiro atoms. The molecule has 0 aliphatic heterocycles. The van der Waals surface area contributed by atoms with Crippen LogP contribution in [0.4, 0.5) is 4.39 Å². The van der Waals surface area contributed by atoms with Gasteiger partial charge in [0.05, 0.1) is 0 Å². The predicted octanol–water partition coefficient (Wildman–Crippen LogP) is 1.63. The third kappa shape index (κ3) is 1.94. The van der Waals surface area contributed by atoms with Crippen molar-refractivity contribution in [1.29, 1.82) is 0 Å². The first-order chi connectivity index (χ1) is 6.50. The predicted molar refractivity (Wildman–Crippen MR) is 54.2 cm³/mol. The van der Waals surface area contributed by atoms with Crippen LogP contribution in [0.5, 0.6) is 0 Å². The van der Waals surface area contributed by atoms with Crippen LogP contribution in [0.15, 0.2) is 24.3 Å².